The molecule has 1 heterocycles. The van der Waals surface area contributed by atoms with Gasteiger partial charge in [0.05, 0.1) is 20.8 Å². The van der Waals surface area contributed by atoms with Crippen LogP contribution in [0.5, 0.6) is 11.5 Å². The van der Waals surface area contributed by atoms with Gasteiger partial charge in [0.2, 0.25) is 0 Å². The molecule has 6 nitrogen and oxygen atoms in total. The molecule has 29 heavy (non-hydrogen) atoms. The number of thiazole rings is 1. The van der Waals surface area contributed by atoms with Crippen LogP contribution in [0.15, 0.2) is 46.3 Å². The number of benzene rings is 2. The molecular formula is C21H24N2O4S2. The Hall–Kier alpha value is -2.29. The van der Waals surface area contributed by atoms with E-state index < -0.39 is 0 Å². The number of carbonyl (C=O) groups is 1. The van der Waals surface area contributed by atoms with Crippen LogP contribution in [-0.2, 0) is 11.3 Å². The first-order valence-electron chi connectivity index (χ1n) is 9.18. The SMILES string of the molecule is CCOCCn1c(=NC(=O)c2ccc(SC)cc2)sc2c(OC)ccc(OC)c21. The number of carbonyl (C=O) groups excluding carboxylic acids is 1. The normalized spacial score (nSPS) is 11.8. The summed E-state index contributed by atoms with van der Waals surface area (Å²) in [6.45, 7) is 3.63. The number of fused-ring (bicyclic) bond motifs is 1. The Bertz CT molecular complexity index is 1050. The number of thioether (sulfide) groups is 1. The average molecular weight is 433 g/mol. The van der Waals surface area contributed by atoms with Crippen molar-refractivity contribution < 1.29 is 19.0 Å². The molecule has 1 aromatic heterocycles. The second-order valence-electron chi connectivity index (χ2n) is 6.03. The zero-order chi connectivity index (χ0) is 20.8. The lowest BCUT2D eigenvalue weighted by Crippen LogP contribution is -2.20. The quantitative estimate of drug-likeness (QED) is 0.394. The summed E-state index contributed by atoms with van der Waals surface area (Å²) < 4.78 is 19.5. The lowest BCUT2D eigenvalue weighted by Gasteiger charge is -2.10. The number of aromatic nitrogens is 1. The molecule has 0 bridgehead atoms. The highest BCUT2D eigenvalue weighted by Gasteiger charge is 2.17. The van der Waals surface area contributed by atoms with Gasteiger partial charge in [0.15, 0.2) is 4.80 Å². The topological polar surface area (TPSA) is 62.1 Å². The Labute approximate surface area is 178 Å². The third kappa shape index (κ3) is 4.66. The monoisotopic (exact) mass is 432 g/mol. The van der Waals surface area contributed by atoms with Crippen LogP contribution in [0.25, 0.3) is 10.2 Å². The van der Waals surface area contributed by atoms with Gasteiger partial charge in [0.1, 0.15) is 21.7 Å². The van der Waals surface area contributed by atoms with Gasteiger partial charge in [-0.1, -0.05) is 11.3 Å². The summed E-state index contributed by atoms with van der Waals surface area (Å²) in [5.74, 6) is 1.13. The lowest BCUT2D eigenvalue weighted by atomic mass is 10.2. The first-order chi connectivity index (χ1) is 14.1. The minimum atomic E-state index is -0.285. The highest BCUT2D eigenvalue weighted by molar-refractivity contribution is 7.98. The predicted octanol–water partition coefficient (Wildman–Crippen LogP) is 4.22. The van der Waals surface area contributed by atoms with E-state index in [1.807, 2.05) is 42.0 Å². The fourth-order valence-electron chi connectivity index (χ4n) is 2.93. The summed E-state index contributed by atoms with van der Waals surface area (Å²) in [7, 11) is 3.25. The molecule has 0 fully saturated rings. The summed E-state index contributed by atoms with van der Waals surface area (Å²) in [5.41, 5.74) is 1.40. The molecular weight excluding hydrogens is 408 g/mol. The van der Waals surface area contributed by atoms with E-state index in [4.69, 9.17) is 14.2 Å². The molecule has 8 heteroatoms. The third-order valence-corrected chi connectivity index (χ3v) is 6.23. The van der Waals surface area contributed by atoms with Gasteiger partial charge in [-0.05, 0) is 49.6 Å². The average Bonchev–Trinajstić information content (AvgIpc) is 3.11. The van der Waals surface area contributed by atoms with E-state index in [1.165, 1.54) is 11.3 Å². The fraction of sp³-hybridized carbons (Fsp3) is 0.333. The maximum Gasteiger partial charge on any atom is 0.279 e. The maximum absolute atomic E-state index is 12.8. The number of hydrogen-bond acceptors (Lipinski definition) is 6. The fourth-order valence-corrected chi connectivity index (χ4v) is 4.50. The van der Waals surface area contributed by atoms with Crippen molar-refractivity contribution in [2.45, 2.75) is 18.4 Å². The van der Waals surface area contributed by atoms with Crippen molar-refractivity contribution >= 4 is 39.2 Å². The summed E-state index contributed by atoms with van der Waals surface area (Å²) in [5, 5.41) is 0. The van der Waals surface area contributed by atoms with E-state index in [2.05, 4.69) is 4.99 Å². The van der Waals surface area contributed by atoms with Crippen LogP contribution >= 0.6 is 23.1 Å². The molecule has 3 aromatic rings. The molecule has 3 rings (SSSR count). The molecule has 0 aliphatic rings. The molecule has 0 spiro atoms. The van der Waals surface area contributed by atoms with E-state index in [1.54, 1.807) is 38.1 Å². The number of ether oxygens (including phenoxy) is 3. The molecule has 0 unspecified atom stereocenters. The first-order valence-corrected chi connectivity index (χ1v) is 11.2. The van der Waals surface area contributed by atoms with Gasteiger partial charge in [0.25, 0.3) is 5.91 Å². The summed E-state index contributed by atoms with van der Waals surface area (Å²) >= 11 is 3.04. The highest BCUT2D eigenvalue weighted by Crippen LogP contribution is 2.35. The van der Waals surface area contributed by atoms with Crippen LogP contribution in [0, 0.1) is 0 Å². The van der Waals surface area contributed by atoms with Crippen LogP contribution in [0.1, 0.15) is 17.3 Å². The Morgan fingerprint density at radius 2 is 1.79 bits per heavy atom. The molecule has 0 saturated heterocycles. The molecule has 0 N–H and O–H groups in total. The van der Waals surface area contributed by atoms with Crippen molar-refractivity contribution in [3.63, 3.8) is 0 Å². The Morgan fingerprint density at radius 1 is 1.10 bits per heavy atom. The van der Waals surface area contributed by atoms with Crippen molar-refractivity contribution in [2.75, 3.05) is 33.7 Å². The van der Waals surface area contributed by atoms with E-state index in [0.717, 1.165) is 15.1 Å². The van der Waals surface area contributed by atoms with E-state index >= 15 is 0 Å². The number of nitrogens with zero attached hydrogens (tertiary/aromatic N) is 2. The molecule has 0 saturated carbocycles. The van der Waals surface area contributed by atoms with Gasteiger partial charge in [-0.25, -0.2) is 0 Å². The number of rotatable bonds is 8. The smallest absolute Gasteiger partial charge is 0.279 e. The van der Waals surface area contributed by atoms with Crippen LogP contribution in [-0.4, -0.2) is 44.2 Å². The van der Waals surface area contributed by atoms with E-state index in [9.17, 15) is 4.79 Å². The first kappa shape index (κ1) is 21.4. The molecule has 1 amide bonds. The summed E-state index contributed by atoms with van der Waals surface area (Å²) in [4.78, 5) is 18.9. The van der Waals surface area contributed by atoms with Crippen molar-refractivity contribution in [2.24, 2.45) is 4.99 Å². The molecule has 0 aliphatic carbocycles. The van der Waals surface area contributed by atoms with Gasteiger partial charge in [-0.2, -0.15) is 4.99 Å². The molecule has 0 atom stereocenters. The Balaban J connectivity index is 2.14. The molecule has 0 aliphatic heterocycles. The molecule has 154 valence electrons. The summed E-state index contributed by atoms with van der Waals surface area (Å²) in [6, 6.07) is 11.2. The van der Waals surface area contributed by atoms with Crippen molar-refractivity contribution in [1.82, 2.24) is 4.57 Å². The number of amides is 1. The molecule has 0 radical (unpaired) electrons. The third-order valence-electron chi connectivity index (χ3n) is 4.39. The lowest BCUT2D eigenvalue weighted by molar-refractivity contribution is 0.0996. The van der Waals surface area contributed by atoms with Crippen molar-refractivity contribution in [3.8, 4) is 11.5 Å². The van der Waals surface area contributed by atoms with Crippen molar-refractivity contribution in [1.29, 1.82) is 0 Å². The van der Waals surface area contributed by atoms with Gasteiger partial charge in [-0.3, -0.25) is 4.79 Å². The number of hydrogen-bond donors (Lipinski definition) is 0. The van der Waals surface area contributed by atoms with Crippen LogP contribution in [0.2, 0.25) is 0 Å². The minimum Gasteiger partial charge on any atom is -0.495 e. The number of methoxy groups -OCH3 is 2. The minimum absolute atomic E-state index is 0.285. The van der Waals surface area contributed by atoms with Crippen LogP contribution in [0.3, 0.4) is 0 Å². The van der Waals surface area contributed by atoms with Gasteiger partial charge >= 0.3 is 0 Å². The Morgan fingerprint density at radius 3 is 2.41 bits per heavy atom. The van der Waals surface area contributed by atoms with Gasteiger partial charge in [0, 0.05) is 23.6 Å². The predicted molar refractivity (Wildman–Crippen MR) is 118 cm³/mol. The summed E-state index contributed by atoms with van der Waals surface area (Å²) in [6.07, 6.45) is 2.00. The maximum atomic E-state index is 12.8. The highest BCUT2D eigenvalue weighted by atomic mass is 32.2. The van der Waals surface area contributed by atoms with Crippen LogP contribution < -0.4 is 14.3 Å². The van der Waals surface area contributed by atoms with Gasteiger partial charge in [-0.15, -0.1) is 11.8 Å². The van der Waals surface area contributed by atoms with Crippen LogP contribution in [0.4, 0.5) is 0 Å². The van der Waals surface area contributed by atoms with E-state index in [-0.39, 0.29) is 5.91 Å². The second kappa shape index (κ2) is 9.96. The van der Waals surface area contributed by atoms with E-state index in [0.29, 0.717) is 41.6 Å². The van der Waals surface area contributed by atoms with Crippen molar-refractivity contribution in [3.05, 3.63) is 46.8 Å². The second-order valence-corrected chi connectivity index (χ2v) is 7.88. The standard InChI is InChI=1S/C21H24N2O4S2/c1-5-27-13-12-23-18-16(25-2)10-11-17(26-3)19(18)29-21(23)22-20(24)14-6-8-15(28-4)9-7-14/h6-11H,5,12-13H2,1-4H3. The zero-order valence-corrected chi connectivity index (χ0v) is 18.6. The molecule has 2 aromatic carbocycles. The largest absolute Gasteiger partial charge is 0.495 e. The van der Waals surface area contributed by atoms with Gasteiger partial charge < -0.3 is 18.8 Å². The zero-order valence-electron chi connectivity index (χ0n) is 16.9. The Kier molecular flexibility index (Phi) is 7.35.